The van der Waals surface area contributed by atoms with Crippen LogP contribution >= 0.6 is 0 Å². The van der Waals surface area contributed by atoms with Crippen LogP contribution in [0.3, 0.4) is 0 Å². The third-order valence-corrected chi connectivity index (χ3v) is 7.69. The summed E-state index contributed by atoms with van der Waals surface area (Å²) in [5.74, 6) is -2.74. The van der Waals surface area contributed by atoms with Crippen LogP contribution in [0.1, 0.15) is 90.6 Å². The van der Waals surface area contributed by atoms with Crippen LogP contribution in [0.4, 0.5) is 0 Å². The second-order valence-corrected chi connectivity index (χ2v) is 10.6. The molecule has 41 heavy (non-hydrogen) atoms. The van der Waals surface area contributed by atoms with Crippen LogP contribution < -0.4 is 0 Å². The monoisotopic (exact) mass is 557 g/mol. The van der Waals surface area contributed by atoms with Crippen molar-refractivity contribution in [1.29, 1.82) is 0 Å². The lowest BCUT2D eigenvalue weighted by Crippen LogP contribution is -2.43. The number of hydrogen-bond acceptors (Lipinski definition) is 6. The summed E-state index contributed by atoms with van der Waals surface area (Å²) in [4.78, 5) is 54.4. The number of allylic oxidation sites excluding steroid dienone is 4. The number of carbonyl (C=O) groups is 4. The summed E-state index contributed by atoms with van der Waals surface area (Å²) >= 11 is 0. The van der Waals surface area contributed by atoms with Gasteiger partial charge in [0.05, 0.1) is 11.1 Å². The van der Waals surface area contributed by atoms with Crippen molar-refractivity contribution in [3.05, 3.63) is 95.1 Å². The zero-order valence-electron chi connectivity index (χ0n) is 23.9. The molecule has 1 saturated carbocycles. The number of rotatable bonds is 11. The van der Waals surface area contributed by atoms with E-state index in [9.17, 15) is 19.2 Å². The molecule has 0 spiro atoms. The van der Waals surface area contributed by atoms with Crippen LogP contribution in [0.2, 0.25) is 0 Å². The van der Waals surface area contributed by atoms with E-state index in [0.29, 0.717) is 12.8 Å². The maximum Gasteiger partial charge on any atom is 0.339 e. The smallest absolute Gasteiger partial charge is 0.339 e. The summed E-state index contributed by atoms with van der Waals surface area (Å²) in [5.41, 5.74) is 2.65. The summed E-state index contributed by atoms with van der Waals surface area (Å²) in [6, 6.07) is 13.7. The molecule has 7 nitrogen and oxygen atoms in total. The Morgan fingerprint density at radius 1 is 0.707 bits per heavy atom. The van der Waals surface area contributed by atoms with Gasteiger partial charge in [-0.1, -0.05) is 67.8 Å². The highest BCUT2D eigenvalue weighted by Crippen LogP contribution is 2.31. The largest absolute Gasteiger partial charge is 0.444 e. The first-order chi connectivity index (χ1) is 19.9. The second kappa shape index (κ2) is 14.6. The Morgan fingerprint density at radius 2 is 1.12 bits per heavy atom. The van der Waals surface area contributed by atoms with Crippen molar-refractivity contribution in [2.75, 3.05) is 0 Å². The normalized spacial score (nSPS) is 19.8. The van der Waals surface area contributed by atoms with Gasteiger partial charge in [0.15, 0.2) is 0 Å². The molecule has 1 aliphatic carbocycles. The average Bonchev–Trinajstić information content (AvgIpc) is 3.22. The number of carbonyl (C=O) groups excluding carboxylic acids is 4. The quantitative estimate of drug-likeness (QED) is 0.187. The molecule has 2 aliphatic rings. The van der Waals surface area contributed by atoms with Crippen molar-refractivity contribution in [2.45, 2.75) is 89.9 Å². The molecule has 7 heteroatoms. The number of aryl methyl sites for hydroxylation is 2. The lowest BCUT2D eigenvalue weighted by Gasteiger charge is -2.29. The van der Waals surface area contributed by atoms with Gasteiger partial charge in [0.2, 0.25) is 12.2 Å². The third-order valence-electron chi connectivity index (χ3n) is 7.69. The summed E-state index contributed by atoms with van der Waals surface area (Å²) in [6.07, 6.45) is 12.7. The molecule has 2 aromatic rings. The lowest BCUT2D eigenvalue weighted by atomic mass is 9.94. The number of benzene rings is 2. The summed E-state index contributed by atoms with van der Waals surface area (Å²) < 4.78 is 11.2. The highest BCUT2D eigenvalue weighted by molar-refractivity contribution is 6.10. The molecule has 0 bridgehead atoms. The van der Waals surface area contributed by atoms with Crippen LogP contribution in [-0.2, 0) is 31.9 Å². The summed E-state index contributed by atoms with van der Waals surface area (Å²) in [7, 11) is 0. The minimum atomic E-state index is -1.53. The van der Waals surface area contributed by atoms with Crippen molar-refractivity contribution in [1.82, 2.24) is 4.90 Å². The Labute approximate surface area is 242 Å². The van der Waals surface area contributed by atoms with E-state index in [0.717, 1.165) is 56.1 Å². The molecule has 0 N–H and O–H groups in total. The van der Waals surface area contributed by atoms with E-state index in [4.69, 9.17) is 9.47 Å². The first kappa shape index (κ1) is 30.0. The molecule has 216 valence electrons. The Balaban J connectivity index is 1.50. The molecule has 1 aliphatic heterocycles. The Morgan fingerprint density at radius 3 is 1.51 bits per heavy atom. The fourth-order valence-corrected chi connectivity index (χ4v) is 5.38. The van der Waals surface area contributed by atoms with Crippen LogP contribution in [-0.4, -0.2) is 46.9 Å². The van der Waals surface area contributed by atoms with Gasteiger partial charge in [0, 0.05) is 6.04 Å². The van der Waals surface area contributed by atoms with Crippen molar-refractivity contribution in [3.8, 4) is 0 Å². The second-order valence-electron chi connectivity index (χ2n) is 10.6. The van der Waals surface area contributed by atoms with Gasteiger partial charge in [0.1, 0.15) is 0 Å². The predicted octanol–water partition coefficient (Wildman–Crippen LogP) is 6.16. The minimum absolute atomic E-state index is 0.259. The number of imide groups is 1. The highest BCUT2D eigenvalue weighted by Gasteiger charge is 2.54. The van der Waals surface area contributed by atoms with Gasteiger partial charge in [0.25, 0.3) is 11.8 Å². The van der Waals surface area contributed by atoms with E-state index >= 15 is 0 Å². The first-order valence-electron chi connectivity index (χ1n) is 14.6. The Kier molecular flexibility index (Phi) is 10.7. The number of hydrogen-bond donors (Lipinski definition) is 0. The number of nitrogens with zero attached hydrogens (tertiary/aromatic N) is 1. The zero-order chi connectivity index (χ0) is 29.2. The minimum Gasteiger partial charge on any atom is -0.444 e. The molecule has 2 atom stereocenters. The number of esters is 2. The number of amides is 2. The predicted molar refractivity (Wildman–Crippen MR) is 156 cm³/mol. The van der Waals surface area contributed by atoms with Gasteiger partial charge in [-0.2, -0.15) is 0 Å². The first-order valence-corrected chi connectivity index (χ1v) is 14.6. The molecule has 0 aromatic heterocycles. The third kappa shape index (κ3) is 7.60. The van der Waals surface area contributed by atoms with E-state index in [1.165, 1.54) is 4.90 Å². The Bertz CT molecular complexity index is 1180. The molecule has 2 aromatic carbocycles. The van der Waals surface area contributed by atoms with Crippen molar-refractivity contribution in [2.24, 2.45) is 0 Å². The molecule has 2 fully saturated rings. The number of ether oxygens (including phenoxy) is 2. The van der Waals surface area contributed by atoms with E-state index in [1.54, 1.807) is 24.3 Å². The van der Waals surface area contributed by atoms with Gasteiger partial charge in [-0.05, 0) is 87.8 Å². The van der Waals surface area contributed by atoms with Gasteiger partial charge < -0.3 is 9.47 Å². The summed E-state index contributed by atoms with van der Waals surface area (Å²) in [6.45, 7) is 3.94. The van der Waals surface area contributed by atoms with Crippen LogP contribution in [0, 0.1) is 0 Å². The molecule has 0 unspecified atom stereocenters. The van der Waals surface area contributed by atoms with Gasteiger partial charge in [-0.15, -0.1) is 0 Å². The van der Waals surface area contributed by atoms with Gasteiger partial charge in [-0.25, -0.2) is 9.59 Å². The van der Waals surface area contributed by atoms with Crippen LogP contribution in [0.15, 0.2) is 72.8 Å². The summed E-state index contributed by atoms with van der Waals surface area (Å²) in [5, 5.41) is 0. The zero-order valence-corrected chi connectivity index (χ0v) is 23.9. The molecule has 1 saturated heterocycles. The lowest BCUT2D eigenvalue weighted by molar-refractivity contribution is -0.145. The van der Waals surface area contributed by atoms with Crippen molar-refractivity contribution in [3.63, 3.8) is 0 Å². The fraction of sp³-hybridized carbons (Fsp3) is 0.412. The molecule has 1 heterocycles. The SMILES string of the molecule is C/C=C/CCc1ccc(C(=O)O[C@H]2C(=O)N(C3CCCCC3)C(=O)[C@@H]2OC(=O)c2ccc(CC/C=C/C)cc2)cc1. The fourth-order valence-electron chi connectivity index (χ4n) is 5.38. The van der Waals surface area contributed by atoms with E-state index < -0.39 is 36.0 Å². The number of likely N-dealkylation sites (tertiary alicyclic amines) is 1. The molecule has 0 radical (unpaired) electrons. The average molecular weight is 558 g/mol. The maximum absolute atomic E-state index is 13.5. The van der Waals surface area contributed by atoms with Crippen LogP contribution in [0.25, 0.3) is 0 Å². The Hall–Kier alpha value is -4.00. The van der Waals surface area contributed by atoms with E-state index in [2.05, 4.69) is 12.2 Å². The van der Waals surface area contributed by atoms with Crippen molar-refractivity contribution >= 4 is 23.8 Å². The standard InChI is InChI=1S/C34H39NO6/c1-3-5-8-12-24-16-20-26(21-17-24)33(38)40-29-30(32(37)35(31(29)36)28-14-10-7-11-15-28)41-34(39)27-22-18-25(19-23-27)13-9-6-4-2/h3-6,16-23,28-30H,7-15H2,1-2H3/b5-3+,6-4+/t29-,30-/m1/s1. The van der Waals surface area contributed by atoms with Crippen molar-refractivity contribution < 1.29 is 28.7 Å². The van der Waals surface area contributed by atoms with Crippen LogP contribution in [0.5, 0.6) is 0 Å². The topological polar surface area (TPSA) is 90.0 Å². The molecular formula is C34H39NO6. The highest BCUT2D eigenvalue weighted by atomic mass is 16.6. The molecule has 4 rings (SSSR count). The molecular weight excluding hydrogens is 518 g/mol. The molecule has 2 amide bonds. The maximum atomic E-state index is 13.5. The van der Waals surface area contributed by atoms with Gasteiger partial charge in [-0.3, -0.25) is 14.5 Å². The van der Waals surface area contributed by atoms with E-state index in [1.807, 2.05) is 50.3 Å². The van der Waals surface area contributed by atoms with Gasteiger partial charge >= 0.3 is 11.9 Å². The van der Waals surface area contributed by atoms with E-state index in [-0.39, 0.29) is 17.2 Å².